The summed E-state index contributed by atoms with van der Waals surface area (Å²) in [6, 6.07) is 16.9. The monoisotopic (exact) mass is 472 g/mol. The van der Waals surface area contributed by atoms with E-state index >= 15 is 0 Å². The van der Waals surface area contributed by atoms with Gasteiger partial charge in [0, 0.05) is 39.7 Å². The highest BCUT2D eigenvalue weighted by Gasteiger charge is 2.22. The molecule has 0 bridgehead atoms. The first-order chi connectivity index (χ1) is 13.0. The first-order valence-corrected chi connectivity index (χ1v) is 11.6. The molecule has 3 rings (SSSR count). The predicted molar refractivity (Wildman–Crippen MR) is 131 cm³/mol. The molecule has 0 unspecified atom stereocenters. The van der Waals surface area contributed by atoms with E-state index in [-0.39, 0.29) is 12.4 Å². The minimum absolute atomic E-state index is 0. The molecule has 2 aromatic carbocycles. The topological polar surface area (TPSA) is 6.48 Å². The molecule has 0 saturated carbocycles. The van der Waals surface area contributed by atoms with E-state index in [1.165, 1.54) is 23.3 Å². The lowest BCUT2D eigenvalue weighted by atomic mass is 10.1. The zero-order chi connectivity index (χ0) is 19.2. The van der Waals surface area contributed by atoms with Crippen molar-refractivity contribution in [3.05, 3.63) is 59.1 Å². The van der Waals surface area contributed by atoms with Gasteiger partial charge in [0.2, 0.25) is 0 Å². The predicted octanol–water partition coefficient (Wildman–Crippen LogP) is 6.46. The smallest absolute Gasteiger partial charge is 0.141 e. The Morgan fingerprint density at radius 1 is 1.04 bits per heavy atom. The molecular formula is C21H26Cl2N2S3. The molecule has 1 heterocycles. The third kappa shape index (κ3) is 7.43. The molecule has 28 heavy (non-hydrogen) atoms. The van der Waals surface area contributed by atoms with Crippen molar-refractivity contribution in [3.63, 3.8) is 0 Å². The number of likely N-dealkylation sites (tertiary alicyclic amines) is 1. The van der Waals surface area contributed by atoms with Crippen molar-refractivity contribution in [2.24, 2.45) is 0 Å². The molecule has 152 valence electrons. The highest BCUT2D eigenvalue weighted by molar-refractivity contribution is 8.22. The molecule has 0 aromatic heterocycles. The fourth-order valence-corrected chi connectivity index (χ4v) is 5.56. The van der Waals surface area contributed by atoms with E-state index in [9.17, 15) is 0 Å². The van der Waals surface area contributed by atoms with E-state index in [2.05, 4.69) is 48.2 Å². The molecule has 2 nitrogen and oxygen atoms in total. The van der Waals surface area contributed by atoms with E-state index in [1.807, 2.05) is 36.0 Å². The maximum absolute atomic E-state index is 5.95. The molecule has 0 spiro atoms. The van der Waals surface area contributed by atoms with Crippen LogP contribution < -0.4 is 0 Å². The van der Waals surface area contributed by atoms with Gasteiger partial charge < -0.3 is 9.80 Å². The molecule has 1 saturated heterocycles. The quantitative estimate of drug-likeness (QED) is 0.362. The Kier molecular flexibility index (Phi) is 9.94. The summed E-state index contributed by atoms with van der Waals surface area (Å²) in [4.78, 5) is 7.06. The van der Waals surface area contributed by atoms with Crippen molar-refractivity contribution < 1.29 is 0 Å². The molecular weight excluding hydrogens is 447 g/mol. The number of thioether (sulfide) groups is 2. The summed E-state index contributed by atoms with van der Waals surface area (Å²) in [5.74, 6) is 0. The van der Waals surface area contributed by atoms with Gasteiger partial charge in [0.05, 0.1) is 0 Å². The van der Waals surface area contributed by atoms with E-state index in [0.717, 1.165) is 33.9 Å². The van der Waals surface area contributed by atoms with Gasteiger partial charge in [-0.25, -0.2) is 0 Å². The van der Waals surface area contributed by atoms with Crippen molar-refractivity contribution >= 4 is 64.1 Å². The van der Waals surface area contributed by atoms with Crippen LogP contribution in [0.4, 0.5) is 0 Å². The Morgan fingerprint density at radius 3 is 2.18 bits per heavy atom. The molecule has 1 fully saturated rings. The standard InChI is InChI=1S/C21H25ClN2S3.ClH/c1-23(2)15-16-3-7-18(8-4-16)26-20-11-13-24(14-12-20)21(25)27-19-9-5-17(22)6-10-19;/h3-10,20H,11-15H2,1-2H3;1H. The van der Waals surface area contributed by atoms with Gasteiger partial charge in [-0.05, 0) is 68.9 Å². The van der Waals surface area contributed by atoms with Crippen LogP contribution in [0, 0.1) is 0 Å². The minimum Gasteiger partial charge on any atom is -0.357 e. The second-order valence-electron chi connectivity index (χ2n) is 7.01. The molecule has 1 aliphatic heterocycles. The maximum Gasteiger partial charge on any atom is 0.141 e. The van der Waals surface area contributed by atoms with E-state index < -0.39 is 0 Å². The number of rotatable bonds is 5. The third-order valence-electron chi connectivity index (χ3n) is 4.44. The molecule has 0 atom stereocenters. The summed E-state index contributed by atoms with van der Waals surface area (Å²) in [7, 11) is 4.21. The fraction of sp³-hybridized carbons (Fsp3) is 0.381. The number of benzene rings is 2. The second-order valence-corrected chi connectivity index (χ2v) is 10.5. The SMILES string of the molecule is CN(C)Cc1ccc(SC2CCN(C(=S)Sc3ccc(Cl)cc3)CC2)cc1.Cl. The number of halogens is 2. The first-order valence-electron chi connectivity index (χ1n) is 9.12. The van der Waals surface area contributed by atoms with Crippen LogP contribution in [0.15, 0.2) is 58.3 Å². The molecule has 7 heteroatoms. The average molecular weight is 474 g/mol. The maximum atomic E-state index is 5.95. The highest BCUT2D eigenvalue weighted by atomic mass is 35.5. The molecule has 0 amide bonds. The Hall–Kier alpha value is -0.430. The van der Waals surface area contributed by atoms with Crippen LogP contribution in [-0.2, 0) is 6.54 Å². The van der Waals surface area contributed by atoms with Crippen LogP contribution in [0.1, 0.15) is 18.4 Å². The fourth-order valence-electron chi connectivity index (χ4n) is 3.06. The highest BCUT2D eigenvalue weighted by Crippen LogP contribution is 2.32. The number of piperidine rings is 1. The van der Waals surface area contributed by atoms with Crippen molar-refractivity contribution in [2.45, 2.75) is 34.4 Å². The summed E-state index contributed by atoms with van der Waals surface area (Å²) < 4.78 is 0.966. The van der Waals surface area contributed by atoms with Crippen LogP contribution in [0.3, 0.4) is 0 Å². The molecule has 0 radical (unpaired) electrons. The van der Waals surface area contributed by atoms with Crippen LogP contribution >= 0.6 is 59.7 Å². The molecule has 2 aromatic rings. The van der Waals surface area contributed by atoms with Crippen molar-refractivity contribution in [1.82, 2.24) is 9.80 Å². The largest absolute Gasteiger partial charge is 0.357 e. The van der Waals surface area contributed by atoms with Gasteiger partial charge in [0.1, 0.15) is 4.32 Å². The number of hydrogen-bond donors (Lipinski definition) is 0. The Balaban J connectivity index is 0.00000280. The first kappa shape index (κ1) is 23.8. The van der Waals surface area contributed by atoms with Gasteiger partial charge in [-0.1, -0.05) is 47.7 Å². The normalized spacial score (nSPS) is 14.8. The van der Waals surface area contributed by atoms with Gasteiger partial charge in [-0.3, -0.25) is 0 Å². The van der Waals surface area contributed by atoms with Gasteiger partial charge >= 0.3 is 0 Å². The third-order valence-corrected chi connectivity index (χ3v) is 7.49. The summed E-state index contributed by atoms with van der Waals surface area (Å²) in [6.45, 7) is 3.07. The number of thiocarbonyl (C=S) groups is 1. The second kappa shape index (κ2) is 11.7. The summed E-state index contributed by atoms with van der Waals surface area (Å²) >= 11 is 15.3. The van der Waals surface area contributed by atoms with Gasteiger partial charge in [0.15, 0.2) is 0 Å². The summed E-state index contributed by atoms with van der Waals surface area (Å²) in [6.07, 6.45) is 2.34. The minimum atomic E-state index is 0. The van der Waals surface area contributed by atoms with Gasteiger partial charge in [-0.2, -0.15) is 0 Å². The Labute approximate surface area is 193 Å². The lowest BCUT2D eigenvalue weighted by Gasteiger charge is -2.33. The lowest BCUT2D eigenvalue weighted by Crippen LogP contribution is -2.37. The Bertz CT molecular complexity index is 743. The van der Waals surface area contributed by atoms with Crippen LogP contribution in [0.25, 0.3) is 0 Å². The van der Waals surface area contributed by atoms with E-state index in [4.69, 9.17) is 23.8 Å². The zero-order valence-corrected chi connectivity index (χ0v) is 20.2. The zero-order valence-electron chi connectivity index (χ0n) is 16.1. The number of nitrogens with zero attached hydrogens (tertiary/aromatic N) is 2. The van der Waals surface area contributed by atoms with Crippen LogP contribution in [-0.4, -0.2) is 46.6 Å². The van der Waals surface area contributed by atoms with Crippen molar-refractivity contribution in [3.8, 4) is 0 Å². The van der Waals surface area contributed by atoms with Crippen molar-refractivity contribution in [1.29, 1.82) is 0 Å². The van der Waals surface area contributed by atoms with Crippen LogP contribution in [0.5, 0.6) is 0 Å². The Morgan fingerprint density at radius 2 is 1.61 bits per heavy atom. The van der Waals surface area contributed by atoms with E-state index in [1.54, 1.807) is 11.8 Å². The van der Waals surface area contributed by atoms with Crippen molar-refractivity contribution in [2.75, 3.05) is 27.2 Å². The summed E-state index contributed by atoms with van der Waals surface area (Å²) in [5.41, 5.74) is 1.36. The van der Waals surface area contributed by atoms with Crippen LogP contribution in [0.2, 0.25) is 5.02 Å². The number of hydrogen-bond acceptors (Lipinski definition) is 4. The lowest BCUT2D eigenvalue weighted by molar-refractivity contribution is 0.359. The molecule has 1 aliphatic rings. The molecule has 0 aliphatic carbocycles. The van der Waals surface area contributed by atoms with Gasteiger partial charge in [-0.15, -0.1) is 24.2 Å². The average Bonchev–Trinajstić information content (AvgIpc) is 2.65. The molecule has 0 N–H and O–H groups in total. The van der Waals surface area contributed by atoms with E-state index in [0.29, 0.717) is 5.25 Å². The van der Waals surface area contributed by atoms with Gasteiger partial charge in [0.25, 0.3) is 0 Å². The summed E-state index contributed by atoms with van der Waals surface area (Å²) in [5, 5.41) is 1.43.